The van der Waals surface area contributed by atoms with Gasteiger partial charge < -0.3 is 14.6 Å². The second-order valence-electron chi connectivity index (χ2n) is 6.29. The molecule has 6 heteroatoms. The molecule has 0 aromatic heterocycles. The van der Waals surface area contributed by atoms with Crippen LogP contribution in [0.1, 0.15) is 21.5 Å². The predicted octanol–water partition coefficient (Wildman–Crippen LogP) is 3.60. The third-order valence-electron chi connectivity index (χ3n) is 4.59. The van der Waals surface area contributed by atoms with E-state index in [4.69, 9.17) is 9.47 Å². The van der Waals surface area contributed by atoms with Gasteiger partial charge in [-0.25, -0.2) is 0 Å². The van der Waals surface area contributed by atoms with Gasteiger partial charge in [0, 0.05) is 24.1 Å². The zero-order valence-corrected chi connectivity index (χ0v) is 15.7. The van der Waals surface area contributed by atoms with Crippen LogP contribution in [0.2, 0.25) is 0 Å². The zero-order chi connectivity index (χ0) is 18.1. The molecule has 1 fully saturated rings. The average Bonchev–Trinajstić information content (AvgIpc) is 2.96. The number of allylic oxidation sites excluding steroid dienone is 1. The highest BCUT2D eigenvalue weighted by atomic mass is 79.9. The van der Waals surface area contributed by atoms with Crippen LogP contribution in [-0.2, 0) is 11.3 Å². The normalized spacial score (nSPS) is 18.8. The number of Topliss-reactive ketones (excluding diaryl/α,β-unsaturated/α-hetero) is 1. The molecule has 0 saturated carbocycles. The van der Waals surface area contributed by atoms with E-state index in [2.05, 4.69) is 20.8 Å². The van der Waals surface area contributed by atoms with Crippen molar-refractivity contribution < 1.29 is 19.4 Å². The van der Waals surface area contributed by atoms with Crippen LogP contribution >= 0.6 is 15.9 Å². The highest BCUT2D eigenvalue weighted by Crippen LogP contribution is 2.40. The molecule has 0 aliphatic carbocycles. The third-order valence-corrected chi connectivity index (χ3v) is 5.32. The Kier molecular flexibility index (Phi) is 4.80. The number of ketones is 1. The Morgan fingerprint density at radius 2 is 1.92 bits per heavy atom. The van der Waals surface area contributed by atoms with E-state index in [1.54, 1.807) is 18.2 Å². The molecule has 2 aromatic carbocycles. The Labute approximate surface area is 160 Å². The maximum absolute atomic E-state index is 12.7. The van der Waals surface area contributed by atoms with Gasteiger partial charge in [0.2, 0.25) is 5.78 Å². The molecule has 0 spiro atoms. The lowest BCUT2D eigenvalue weighted by Crippen LogP contribution is -2.35. The van der Waals surface area contributed by atoms with Gasteiger partial charge >= 0.3 is 0 Å². The minimum Gasteiger partial charge on any atom is -0.507 e. The van der Waals surface area contributed by atoms with Gasteiger partial charge in [-0.05, 0) is 29.8 Å². The second-order valence-corrected chi connectivity index (χ2v) is 7.14. The number of phenolic OH excluding ortho intramolecular Hbond substituents is 1. The van der Waals surface area contributed by atoms with Crippen molar-refractivity contribution in [3.05, 3.63) is 63.3 Å². The number of morpholine rings is 1. The Hall–Kier alpha value is -2.15. The van der Waals surface area contributed by atoms with Crippen molar-refractivity contribution >= 4 is 27.8 Å². The topological polar surface area (TPSA) is 59.0 Å². The summed E-state index contributed by atoms with van der Waals surface area (Å²) in [7, 11) is 0. The monoisotopic (exact) mass is 415 g/mol. The first-order chi connectivity index (χ1) is 12.6. The fourth-order valence-electron chi connectivity index (χ4n) is 3.17. The summed E-state index contributed by atoms with van der Waals surface area (Å²) in [6, 6.07) is 10.8. The Balaban J connectivity index is 1.67. The van der Waals surface area contributed by atoms with Crippen molar-refractivity contribution in [2.45, 2.75) is 6.54 Å². The summed E-state index contributed by atoms with van der Waals surface area (Å²) in [5, 5.41) is 10.3. The van der Waals surface area contributed by atoms with Crippen molar-refractivity contribution in [1.82, 2.24) is 4.90 Å². The Bertz CT molecular complexity index is 887. The van der Waals surface area contributed by atoms with E-state index >= 15 is 0 Å². The summed E-state index contributed by atoms with van der Waals surface area (Å²) >= 11 is 3.48. The van der Waals surface area contributed by atoms with Crippen LogP contribution in [0.5, 0.6) is 11.5 Å². The Morgan fingerprint density at radius 1 is 1.15 bits per heavy atom. The standard InChI is InChI=1S/C20H18BrNO4/c21-16-4-2-1-3-13(16)11-18-19(24)14-5-6-17(23)15(20(14)26-18)12-22-7-9-25-10-8-22/h1-6,11,23H,7-10,12H2/b18-11+. The number of nitrogens with zero attached hydrogens (tertiary/aromatic N) is 1. The zero-order valence-electron chi connectivity index (χ0n) is 14.1. The molecule has 2 aliphatic heterocycles. The minimum absolute atomic E-state index is 0.144. The number of fused-ring (bicyclic) bond motifs is 1. The molecule has 5 nitrogen and oxygen atoms in total. The van der Waals surface area contributed by atoms with Crippen molar-refractivity contribution in [2.24, 2.45) is 0 Å². The molecule has 0 bridgehead atoms. The number of hydrogen-bond donors (Lipinski definition) is 1. The third kappa shape index (κ3) is 3.28. The number of aromatic hydroxyl groups is 1. The quantitative estimate of drug-likeness (QED) is 0.775. The van der Waals surface area contributed by atoms with Gasteiger partial charge in [0.1, 0.15) is 11.5 Å². The number of carbonyl (C=O) groups excluding carboxylic acids is 1. The molecular formula is C20H18BrNO4. The number of benzene rings is 2. The van der Waals surface area contributed by atoms with Crippen molar-refractivity contribution in [1.29, 1.82) is 0 Å². The van der Waals surface area contributed by atoms with Crippen LogP contribution in [0.3, 0.4) is 0 Å². The van der Waals surface area contributed by atoms with Gasteiger partial charge in [-0.2, -0.15) is 0 Å². The molecule has 0 radical (unpaired) electrons. The number of carbonyl (C=O) groups is 1. The molecule has 4 rings (SSSR count). The minimum atomic E-state index is -0.168. The summed E-state index contributed by atoms with van der Waals surface area (Å²) < 4.78 is 12.2. The van der Waals surface area contributed by atoms with Crippen LogP contribution in [-0.4, -0.2) is 42.1 Å². The lowest BCUT2D eigenvalue weighted by molar-refractivity contribution is 0.0336. The van der Waals surface area contributed by atoms with E-state index in [-0.39, 0.29) is 17.3 Å². The van der Waals surface area contributed by atoms with Gasteiger partial charge in [-0.1, -0.05) is 34.1 Å². The van der Waals surface area contributed by atoms with E-state index in [0.717, 1.165) is 23.1 Å². The maximum Gasteiger partial charge on any atom is 0.231 e. The number of halogens is 1. The predicted molar refractivity (Wildman–Crippen MR) is 101 cm³/mol. The summed E-state index contributed by atoms with van der Waals surface area (Å²) in [5.74, 6) is 0.699. The van der Waals surface area contributed by atoms with Gasteiger partial charge in [-0.3, -0.25) is 9.69 Å². The summed E-state index contributed by atoms with van der Waals surface area (Å²) in [6.45, 7) is 3.44. The molecule has 0 unspecified atom stereocenters. The first-order valence-corrected chi connectivity index (χ1v) is 9.26. The molecule has 134 valence electrons. The van der Waals surface area contributed by atoms with Crippen molar-refractivity contribution in [3.63, 3.8) is 0 Å². The highest BCUT2D eigenvalue weighted by molar-refractivity contribution is 9.10. The Morgan fingerprint density at radius 3 is 2.69 bits per heavy atom. The molecule has 1 N–H and O–H groups in total. The molecule has 0 atom stereocenters. The van der Waals surface area contributed by atoms with Crippen LogP contribution in [0.15, 0.2) is 46.6 Å². The summed E-state index contributed by atoms with van der Waals surface area (Å²) in [4.78, 5) is 14.9. The number of phenols is 1. The first kappa shape index (κ1) is 17.3. The van der Waals surface area contributed by atoms with Gasteiger partial charge in [0.25, 0.3) is 0 Å². The number of hydrogen-bond acceptors (Lipinski definition) is 5. The molecule has 1 saturated heterocycles. The average molecular weight is 416 g/mol. The smallest absolute Gasteiger partial charge is 0.231 e. The second kappa shape index (κ2) is 7.23. The lowest BCUT2D eigenvalue weighted by Gasteiger charge is -2.27. The fraction of sp³-hybridized carbons (Fsp3) is 0.250. The molecule has 2 aliphatic rings. The van der Waals surface area contributed by atoms with Crippen molar-refractivity contribution in [3.8, 4) is 11.5 Å². The lowest BCUT2D eigenvalue weighted by atomic mass is 10.0. The molecule has 0 amide bonds. The fourth-order valence-corrected chi connectivity index (χ4v) is 3.57. The van der Waals surface area contributed by atoms with Crippen LogP contribution in [0.25, 0.3) is 6.08 Å². The molecule has 26 heavy (non-hydrogen) atoms. The number of ether oxygens (including phenoxy) is 2. The maximum atomic E-state index is 12.7. The molecule has 2 aromatic rings. The van der Waals surface area contributed by atoms with Gasteiger partial charge in [0.15, 0.2) is 5.76 Å². The molecular weight excluding hydrogens is 398 g/mol. The highest BCUT2D eigenvalue weighted by Gasteiger charge is 2.32. The van der Waals surface area contributed by atoms with E-state index in [1.807, 2.05) is 24.3 Å². The first-order valence-electron chi connectivity index (χ1n) is 8.47. The van der Waals surface area contributed by atoms with E-state index < -0.39 is 0 Å². The SMILES string of the molecule is O=C1/C(=C\c2ccccc2Br)Oc2c1ccc(O)c2CN1CCOCC1. The van der Waals surface area contributed by atoms with Gasteiger partial charge in [-0.15, -0.1) is 0 Å². The van der Waals surface area contributed by atoms with E-state index in [1.165, 1.54) is 0 Å². The largest absolute Gasteiger partial charge is 0.507 e. The van der Waals surface area contributed by atoms with Crippen molar-refractivity contribution in [2.75, 3.05) is 26.3 Å². The van der Waals surface area contributed by atoms with Crippen LogP contribution in [0.4, 0.5) is 0 Å². The molecule has 2 heterocycles. The van der Waals surface area contributed by atoms with E-state index in [0.29, 0.717) is 36.6 Å². The van der Waals surface area contributed by atoms with Crippen LogP contribution < -0.4 is 4.74 Å². The van der Waals surface area contributed by atoms with E-state index in [9.17, 15) is 9.90 Å². The van der Waals surface area contributed by atoms with Crippen LogP contribution in [0, 0.1) is 0 Å². The number of rotatable bonds is 3. The van der Waals surface area contributed by atoms with Gasteiger partial charge in [0.05, 0.1) is 24.3 Å². The summed E-state index contributed by atoms with van der Waals surface area (Å²) in [6.07, 6.45) is 1.72. The summed E-state index contributed by atoms with van der Waals surface area (Å²) in [5.41, 5.74) is 2.00.